The van der Waals surface area contributed by atoms with Crippen LogP contribution in [-0.4, -0.2) is 11.0 Å². The number of aliphatic hydroxyl groups is 1. The summed E-state index contributed by atoms with van der Waals surface area (Å²) < 4.78 is 0. The largest absolute Gasteiger partial charge is 1.00 e. The molecule has 0 saturated heterocycles. The number of aryl methyl sites for hydroxylation is 3. The Kier molecular flexibility index (Phi) is 7.40. The Morgan fingerprint density at radius 1 is 0.667 bits per heavy atom. The van der Waals surface area contributed by atoms with Crippen LogP contribution in [-0.2, 0) is 0 Å². The highest BCUT2D eigenvalue weighted by atomic mass is 79.9. The van der Waals surface area contributed by atoms with E-state index in [2.05, 4.69) is 100 Å². The fraction of sp³-hybridized carbons (Fsp3) is 0.250. The van der Waals surface area contributed by atoms with E-state index in [0.29, 0.717) is 0 Å². The van der Waals surface area contributed by atoms with Gasteiger partial charge in [-0.15, -0.1) is 0 Å². The topological polar surface area (TPSA) is 20.2 Å². The van der Waals surface area contributed by atoms with Crippen LogP contribution in [0.2, 0.25) is 0 Å². The molecule has 0 amide bonds. The molecule has 3 rings (SSSR count). The second kappa shape index (κ2) is 9.15. The first-order chi connectivity index (χ1) is 12.5. The van der Waals surface area contributed by atoms with Crippen LogP contribution in [0.15, 0.2) is 72.8 Å². The van der Waals surface area contributed by atoms with Crippen LogP contribution in [0.4, 0.5) is 0 Å². The average Bonchev–Trinajstić information content (AvgIpc) is 2.65. The zero-order valence-corrected chi connectivity index (χ0v) is 19.0. The molecule has 1 atom stereocenters. The monoisotopic (exact) mass is 442 g/mol. The van der Waals surface area contributed by atoms with Crippen LogP contribution in [0.25, 0.3) is 0 Å². The van der Waals surface area contributed by atoms with Crippen molar-refractivity contribution in [2.24, 2.45) is 0 Å². The summed E-state index contributed by atoms with van der Waals surface area (Å²) >= 11 is 0. The van der Waals surface area contributed by atoms with E-state index in [1.807, 2.05) is 0 Å². The predicted molar refractivity (Wildman–Crippen MR) is 116 cm³/mol. The van der Waals surface area contributed by atoms with E-state index in [0.717, 1.165) is 6.42 Å². The summed E-state index contributed by atoms with van der Waals surface area (Å²) in [6, 6.07) is 25.8. The third kappa shape index (κ3) is 3.76. The molecule has 0 aliphatic rings. The van der Waals surface area contributed by atoms with Gasteiger partial charge in [-0.3, -0.25) is 0 Å². The Labute approximate surface area is 174 Å². The molecule has 0 bridgehead atoms. The van der Waals surface area contributed by atoms with Crippen molar-refractivity contribution in [3.63, 3.8) is 0 Å². The molecule has 142 valence electrons. The lowest BCUT2D eigenvalue weighted by Crippen LogP contribution is -3.00. The van der Waals surface area contributed by atoms with E-state index in [4.69, 9.17) is 0 Å². The Hall–Kier alpha value is -1.47. The van der Waals surface area contributed by atoms with E-state index in [9.17, 15) is 5.11 Å². The van der Waals surface area contributed by atoms with Crippen LogP contribution in [0.3, 0.4) is 0 Å². The van der Waals surface area contributed by atoms with E-state index >= 15 is 0 Å². The average molecular weight is 443 g/mol. The minimum atomic E-state index is -2.20. The number of hydrogen-bond donors (Lipinski definition) is 1. The number of aliphatic hydroxyl groups excluding tert-OH is 1. The van der Waals surface area contributed by atoms with Gasteiger partial charge in [-0.1, -0.05) is 61.5 Å². The molecule has 0 radical (unpaired) electrons. The third-order valence-corrected chi connectivity index (χ3v) is 10.3. The summed E-state index contributed by atoms with van der Waals surface area (Å²) in [5.74, 6) is -0.411. The molecule has 0 aliphatic carbocycles. The van der Waals surface area contributed by atoms with E-state index in [1.165, 1.54) is 32.6 Å². The fourth-order valence-electron chi connectivity index (χ4n) is 4.02. The first-order valence-electron chi connectivity index (χ1n) is 9.28. The summed E-state index contributed by atoms with van der Waals surface area (Å²) in [4.78, 5) is 0. The zero-order valence-electron chi connectivity index (χ0n) is 16.5. The lowest BCUT2D eigenvalue weighted by molar-refractivity contribution is -0.00000657. The number of benzene rings is 3. The van der Waals surface area contributed by atoms with E-state index in [1.54, 1.807) is 0 Å². The van der Waals surface area contributed by atoms with Crippen molar-refractivity contribution in [3.05, 3.63) is 89.5 Å². The molecule has 0 heterocycles. The lowest BCUT2D eigenvalue weighted by atomic mass is 10.2. The van der Waals surface area contributed by atoms with Crippen molar-refractivity contribution in [3.8, 4) is 0 Å². The fourth-order valence-corrected chi connectivity index (χ4v) is 9.17. The zero-order chi connectivity index (χ0) is 18.7. The standard InChI is InChI=1S/C24H28OP.BrH/c1-5-24(25)26(21-15-9-6-12-18(21)2,22-16-10-7-13-19(22)3)23-17-11-8-14-20(23)4;/h6-17,24-25H,5H2,1-4H3;1H/q+1;/p-1. The van der Waals surface area contributed by atoms with Crippen molar-refractivity contribution in [1.29, 1.82) is 0 Å². The molecule has 0 aromatic heterocycles. The summed E-state index contributed by atoms with van der Waals surface area (Å²) in [6.07, 6.45) is 0.727. The normalized spacial score (nSPS) is 12.3. The summed E-state index contributed by atoms with van der Waals surface area (Å²) in [6.45, 7) is 8.60. The van der Waals surface area contributed by atoms with Gasteiger partial charge in [0.15, 0.2) is 5.85 Å². The van der Waals surface area contributed by atoms with Crippen molar-refractivity contribution in [1.82, 2.24) is 0 Å². The van der Waals surface area contributed by atoms with Gasteiger partial charge in [0.1, 0.15) is 23.2 Å². The van der Waals surface area contributed by atoms with Gasteiger partial charge in [-0.2, -0.15) is 0 Å². The molecule has 1 N–H and O–H groups in total. The highest BCUT2D eigenvalue weighted by molar-refractivity contribution is 7.96. The lowest BCUT2D eigenvalue weighted by Gasteiger charge is -2.34. The van der Waals surface area contributed by atoms with E-state index in [-0.39, 0.29) is 17.0 Å². The van der Waals surface area contributed by atoms with Gasteiger partial charge < -0.3 is 22.1 Å². The van der Waals surface area contributed by atoms with Crippen molar-refractivity contribution in [2.45, 2.75) is 40.0 Å². The third-order valence-electron chi connectivity index (χ3n) is 5.30. The molecule has 27 heavy (non-hydrogen) atoms. The molecule has 0 fully saturated rings. The molecule has 1 nitrogen and oxygen atoms in total. The van der Waals surface area contributed by atoms with Crippen LogP contribution in [0, 0.1) is 20.8 Å². The second-order valence-electron chi connectivity index (χ2n) is 6.97. The molecule has 0 saturated carbocycles. The first kappa shape index (κ1) is 21.8. The summed E-state index contributed by atoms with van der Waals surface area (Å²) in [5, 5.41) is 15.4. The van der Waals surface area contributed by atoms with Gasteiger partial charge in [0.2, 0.25) is 0 Å². The van der Waals surface area contributed by atoms with Crippen LogP contribution in [0.1, 0.15) is 30.0 Å². The van der Waals surface area contributed by atoms with Crippen LogP contribution in [0.5, 0.6) is 0 Å². The van der Waals surface area contributed by atoms with E-state index < -0.39 is 13.1 Å². The SMILES string of the molecule is CCC(O)[P+](c1ccccc1C)(c1ccccc1C)c1ccccc1C.[Br-]. The molecule has 0 spiro atoms. The molecule has 0 aliphatic heterocycles. The quantitative estimate of drug-likeness (QED) is 0.595. The Morgan fingerprint density at radius 3 is 1.22 bits per heavy atom. The van der Waals surface area contributed by atoms with Gasteiger partial charge >= 0.3 is 0 Å². The molecule has 3 aromatic rings. The maximum atomic E-state index is 11.6. The summed E-state index contributed by atoms with van der Waals surface area (Å²) in [5.41, 5.74) is 3.75. The molecular weight excluding hydrogens is 415 g/mol. The van der Waals surface area contributed by atoms with Gasteiger partial charge in [-0.25, -0.2) is 0 Å². The first-order valence-corrected chi connectivity index (χ1v) is 11.1. The highest BCUT2D eigenvalue weighted by Gasteiger charge is 2.53. The molecule has 3 aromatic carbocycles. The van der Waals surface area contributed by atoms with Crippen LogP contribution < -0.4 is 32.9 Å². The number of halogens is 1. The number of hydrogen-bond acceptors (Lipinski definition) is 1. The van der Waals surface area contributed by atoms with Gasteiger partial charge in [0.05, 0.1) is 0 Å². The van der Waals surface area contributed by atoms with Crippen molar-refractivity contribution >= 4 is 23.2 Å². The Bertz CT molecular complexity index is 795. The van der Waals surface area contributed by atoms with Gasteiger partial charge in [-0.05, 0) is 55.7 Å². The molecule has 3 heteroatoms. The summed E-state index contributed by atoms with van der Waals surface area (Å²) in [7, 11) is -2.20. The minimum Gasteiger partial charge on any atom is -1.00 e. The minimum absolute atomic E-state index is 0. The maximum absolute atomic E-state index is 11.6. The van der Waals surface area contributed by atoms with Crippen molar-refractivity contribution < 1.29 is 22.1 Å². The van der Waals surface area contributed by atoms with Crippen LogP contribution >= 0.6 is 7.26 Å². The highest BCUT2D eigenvalue weighted by Crippen LogP contribution is 2.61. The van der Waals surface area contributed by atoms with Gasteiger partial charge in [0, 0.05) is 6.42 Å². The Morgan fingerprint density at radius 2 is 0.963 bits per heavy atom. The molecule has 1 unspecified atom stereocenters. The second-order valence-corrected chi connectivity index (χ2v) is 10.5. The number of rotatable bonds is 5. The predicted octanol–water partition coefficient (Wildman–Crippen LogP) is 1.64. The Balaban J connectivity index is 0.00000261. The van der Waals surface area contributed by atoms with Crippen molar-refractivity contribution in [2.75, 3.05) is 0 Å². The maximum Gasteiger partial charge on any atom is 0.178 e. The molecular formula is C24H28BrOP. The van der Waals surface area contributed by atoms with Gasteiger partial charge in [0.25, 0.3) is 0 Å². The smallest absolute Gasteiger partial charge is 0.178 e.